The van der Waals surface area contributed by atoms with Crippen LogP contribution in [-0.4, -0.2) is 15.5 Å². The van der Waals surface area contributed by atoms with Gasteiger partial charge < -0.3 is 14.8 Å². The van der Waals surface area contributed by atoms with E-state index < -0.39 is 0 Å². The van der Waals surface area contributed by atoms with Crippen molar-refractivity contribution in [1.82, 2.24) is 9.47 Å². The van der Waals surface area contributed by atoms with Crippen molar-refractivity contribution in [2.24, 2.45) is 0 Å². The molecule has 5 heteroatoms. The second-order valence-corrected chi connectivity index (χ2v) is 8.73. The van der Waals surface area contributed by atoms with Crippen LogP contribution in [0.3, 0.4) is 0 Å². The fourth-order valence-corrected chi connectivity index (χ4v) is 4.69. The first-order valence-electron chi connectivity index (χ1n) is 10.3. The maximum Gasteiger partial charge on any atom is 0.322 e. The quantitative estimate of drug-likeness (QED) is 0.347. The van der Waals surface area contributed by atoms with Gasteiger partial charge in [0.1, 0.15) is 0 Å². The van der Waals surface area contributed by atoms with Gasteiger partial charge in [-0.2, -0.15) is 0 Å². The molecule has 1 aliphatic heterocycles. The van der Waals surface area contributed by atoms with Crippen LogP contribution in [0.2, 0.25) is 0 Å². The maximum atomic E-state index is 13.6. The highest BCUT2D eigenvalue weighted by Gasteiger charge is 2.33. The summed E-state index contributed by atoms with van der Waals surface area (Å²) in [5, 5.41) is 3.10. The third-order valence-electron chi connectivity index (χ3n) is 5.66. The molecule has 1 aliphatic rings. The van der Waals surface area contributed by atoms with E-state index in [1.165, 1.54) is 5.56 Å². The second kappa shape index (κ2) is 8.08. The summed E-state index contributed by atoms with van der Waals surface area (Å²) in [7, 11) is 0. The smallest absolute Gasteiger partial charge is 0.318 e. The van der Waals surface area contributed by atoms with Gasteiger partial charge in [0.2, 0.25) is 0 Å². The van der Waals surface area contributed by atoms with Crippen LogP contribution in [0.15, 0.2) is 95.6 Å². The number of carbonyl (C=O) groups excluding carboxylic acids is 1. The van der Waals surface area contributed by atoms with E-state index in [9.17, 15) is 4.79 Å². The van der Waals surface area contributed by atoms with Crippen molar-refractivity contribution in [2.45, 2.75) is 19.5 Å². The number of rotatable bonds is 2. The lowest BCUT2D eigenvalue weighted by Gasteiger charge is -2.31. The van der Waals surface area contributed by atoms with Crippen LogP contribution >= 0.6 is 15.9 Å². The molecule has 0 aliphatic carbocycles. The molecule has 0 unspecified atom stereocenters. The highest BCUT2D eigenvalue weighted by atomic mass is 79.9. The number of amides is 2. The Bertz CT molecular complexity index is 1260. The first-order valence-corrected chi connectivity index (χ1v) is 11.0. The van der Waals surface area contributed by atoms with Gasteiger partial charge in [0.15, 0.2) is 0 Å². The van der Waals surface area contributed by atoms with Crippen LogP contribution in [-0.2, 0) is 6.54 Å². The van der Waals surface area contributed by atoms with Crippen LogP contribution in [0.4, 0.5) is 10.5 Å². The van der Waals surface area contributed by atoms with Gasteiger partial charge in [0.05, 0.1) is 18.3 Å². The standard InChI is InChI=1S/C26H22BrN3O/c1-18-7-4-9-19(15-18)25-24-13-6-14-29(24)23-12-3-2-8-20(23)17-30(25)26(31)28-22-11-5-10-21(27)16-22/h2-16,25H,17H2,1H3,(H,28,31)/t25-/m0/s1. The Labute approximate surface area is 190 Å². The minimum atomic E-state index is -0.213. The molecule has 154 valence electrons. The van der Waals surface area contributed by atoms with Gasteiger partial charge >= 0.3 is 6.03 Å². The predicted octanol–water partition coefficient (Wildman–Crippen LogP) is 6.69. The molecular formula is C26H22BrN3O. The van der Waals surface area contributed by atoms with Gasteiger partial charge in [-0.1, -0.05) is 70.0 Å². The molecule has 1 atom stereocenters. The molecule has 1 aromatic heterocycles. The molecule has 2 amide bonds. The third-order valence-corrected chi connectivity index (χ3v) is 6.15. The van der Waals surface area contributed by atoms with E-state index in [-0.39, 0.29) is 12.1 Å². The van der Waals surface area contributed by atoms with Crippen molar-refractivity contribution in [3.8, 4) is 5.69 Å². The summed E-state index contributed by atoms with van der Waals surface area (Å²) in [4.78, 5) is 15.6. The van der Waals surface area contributed by atoms with Crippen LogP contribution in [0.5, 0.6) is 0 Å². The minimum absolute atomic E-state index is 0.131. The van der Waals surface area contributed by atoms with E-state index in [0.29, 0.717) is 6.54 Å². The lowest BCUT2D eigenvalue weighted by Crippen LogP contribution is -2.37. The van der Waals surface area contributed by atoms with Crippen molar-refractivity contribution in [1.29, 1.82) is 0 Å². The molecule has 0 saturated heterocycles. The van der Waals surface area contributed by atoms with Crippen molar-refractivity contribution in [2.75, 3.05) is 5.32 Å². The zero-order chi connectivity index (χ0) is 21.4. The van der Waals surface area contributed by atoms with Gasteiger partial charge in [0, 0.05) is 22.1 Å². The molecule has 4 aromatic rings. The average Bonchev–Trinajstić information content (AvgIpc) is 3.18. The highest BCUT2D eigenvalue weighted by Crippen LogP contribution is 2.37. The Kier molecular flexibility index (Phi) is 5.12. The topological polar surface area (TPSA) is 37.3 Å². The molecule has 5 rings (SSSR count). The number of hydrogen-bond donors (Lipinski definition) is 1. The Morgan fingerprint density at radius 1 is 0.968 bits per heavy atom. The predicted molar refractivity (Wildman–Crippen MR) is 127 cm³/mol. The molecule has 0 bridgehead atoms. The molecule has 2 heterocycles. The number of fused-ring (bicyclic) bond motifs is 3. The fraction of sp³-hybridized carbons (Fsp3) is 0.115. The Hall–Kier alpha value is -3.31. The third kappa shape index (κ3) is 3.77. The average molecular weight is 472 g/mol. The second-order valence-electron chi connectivity index (χ2n) is 7.82. The molecular weight excluding hydrogens is 450 g/mol. The van der Waals surface area contributed by atoms with Crippen LogP contribution in [0.25, 0.3) is 5.69 Å². The SMILES string of the molecule is Cc1cccc([C@H]2c3cccn3-c3ccccc3CN2C(=O)Nc2cccc(Br)c2)c1. The first kappa shape index (κ1) is 19.6. The molecule has 0 radical (unpaired) electrons. The Morgan fingerprint density at radius 3 is 2.65 bits per heavy atom. The van der Waals surface area contributed by atoms with Gasteiger partial charge in [0.25, 0.3) is 0 Å². The summed E-state index contributed by atoms with van der Waals surface area (Å²) in [6, 6.07) is 28.2. The summed E-state index contributed by atoms with van der Waals surface area (Å²) in [6.07, 6.45) is 2.08. The molecule has 1 N–H and O–H groups in total. The van der Waals surface area contributed by atoms with E-state index in [0.717, 1.165) is 32.7 Å². The molecule has 0 fully saturated rings. The minimum Gasteiger partial charge on any atom is -0.318 e. The van der Waals surface area contributed by atoms with E-state index >= 15 is 0 Å². The normalized spacial score (nSPS) is 15.0. The van der Waals surface area contributed by atoms with Crippen LogP contribution in [0.1, 0.15) is 28.4 Å². The number of aryl methyl sites for hydroxylation is 1. The lowest BCUT2D eigenvalue weighted by atomic mass is 10.00. The number of urea groups is 1. The monoisotopic (exact) mass is 471 g/mol. The number of anilines is 1. The number of halogens is 1. The summed E-state index contributed by atoms with van der Waals surface area (Å²) in [5.41, 5.74) is 6.31. The largest absolute Gasteiger partial charge is 0.322 e. The lowest BCUT2D eigenvalue weighted by molar-refractivity contribution is 0.194. The van der Waals surface area contributed by atoms with Crippen LogP contribution in [0, 0.1) is 6.92 Å². The van der Waals surface area contributed by atoms with Crippen molar-refractivity contribution >= 4 is 27.6 Å². The summed E-state index contributed by atoms with van der Waals surface area (Å²) in [5.74, 6) is 0. The number of para-hydroxylation sites is 1. The van der Waals surface area contributed by atoms with Gasteiger partial charge in [-0.05, 0) is 54.4 Å². The van der Waals surface area contributed by atoms with Gasteiger partial charge in [-0.3, -0.25) is 0 Å². The van der Waals surface area contributed by atoms with E-state index in [4.69, 9.17) is 0 Å². The van der Waals surface area contributed by atoms with E-state index in [2.05, 4.69) is 81.4 Å². The Balaban J connectivity index is 1.64. The molecule has 31 heavy (non-hydrogen) atoms. The van der Waals surface area contributed by atoms with E-state index in [1.54, 1.807) is 0 Å². The molecule has 3 aromatic carbocycles. The van der Waals surface area contributed by atoms with E-state index in [1.807, 2.05) is 47.4 Å². The molecule has 0 saturated carbocycles. The van der Waals surface area contributed by atoms with Crippen molar-refractivity contribution < 1.29 is 4.79 Å². The number of benzene rings is 3. The van der Waals surface area contributed by atoms with Gasteiger partial charge in [-0.25, -0.2) is 4.79 Å². The van der Waals surface area contributed by atoms with Crippen molar-refractivity contribution in [3.63, 3.8) is 0 Å². The maximum absolute atomic E-state index is 13.6. The fourth-order valence-electron chi connectivity index (χ4n) is 4.29. The molecule has 4 nitrogen and oxygen atoms in total. The number of hydrogen-bond acceptors (Lipinski definition) is 1. The number of carbonyl (C=O) groups is 1. The zero-order valence-electron chi connectivity index (χ0n) is 17.1. The van der Waals surface area contributed by atoms with Crippen molar-refractivity contribution in [3.05, 3.63) is 118 Å². The Morgan fingerprint density at radius 2 is 1.81 bits per heavy atom. The zero-order valence-corrected chi connectivity index (χ0v) is 18.7. The number of nitrogens with zero attached hydrogens (tertiary/aromatic N) is 2. The number of aromatic nitrogens is 1. The van der Waals surface area contributed by atoms with Gasteiger partial charge in [-0.15, -0.1) is 0 Å². The van der Waals surface area contributed by atoms with Crippen LogP contribution < -0.4 is 5.32 Å². The summed E-state index contributed by atoms with van der Waals surface area (Å²) < 4.78 is 3.13. The first-order chi connectivity index (χ1) is 15.1. The molecule has 0 spiro atoms. The summed E-state index contributed by atoms with van der Waals surface area (Å²) in [6.45, 7) is 2.59. The highest BCUT2D eigenvalue weighted by molar-refractivity contribution is 9.10. The summed E-state index contributed by atoms with van der Waals surface area (Å²) >= 11 is 3.49. The number of nitrogens with one attached hydrogen (secondary N) is 1.